The lowest BCUT2D eigenvalue weighted by molar-refractivity contribution is -0.137. The Hall–Kier alpha value is -3.88. The predicted octanol–water partition coefficient (Wildman–Crippen LogP) is 5.11. The minimum absolute atomic E-state index is 0.343. The quantitative estimate of drug-likeness (QED) is 0.407. The fourth-order valence-electron chi connectivity index (χ4n) is 3.39. The van der Waals surface area contributed by atoms with Crippen LogP contribution in [0, 0.1) is 0 Å². The topological polar surface area (TPSA) is 60.6 Å². The molecule has 3 aromatic heterocycles. The van der Waals surface area contributed by atoms with E-state index >= 15 is 0 Å². The van der Waals surface area contributed by atoms with Crippen LogP contribution in [0.5, 0.6) is 0 Å². The molecule has 0 aliphatic heterocycles. The van der Waals surface area contributed by atoms with Gasteiger partial charge in [0.1, 0.15) is 0 Å². The van der Waals surface area contributed by atoms with Gasteiger partial charge < -0.3 is 5.32 Å². The third kappa shape index (κ3) is 4.01. The number of aryl methyl sites for hydroxylation is 1. The number of alkyl halides is 3. The first kappa shape index (κ1) is 21.4. The second-order valence-corrected chi connectivity index (χ2v) is 7.13. The van der Waals surface area contributed by atoms with Gasteiger partial charge >= 0.3 is 6.18 Å². The van der Waals surface area contributed by atoms with Gasteiger partial charge in [-0.2, -0.15) is 23.4 Å². The second-order valence-electron chi connectivity index (χ2n) is 7.13. The molecule has 32 heavy (non-hydrogen) atoms. The lowest BCUT2D eigenvalue weighted by Crippen LogP contribution is -2.11. The molecule has 1 aromatic carbocycles. The largest absolute Gasteiger partial charge is 0.416 e. The summed E-state index contributed by atoms with van der Waals surface area (Å²) in [6.45, 7) is 10.6. The molecule has 1 N–H and O–H groups in total. The molecule has 0 saturated carbocycles. The predicted molar refractivity (Wildman–Crippen MR) is 117 cm³/mol. The van der Waals surface area contributed by atoms with Gasteiger partial charge in [-0.05, 0) is 48.9 Å². The Morgan fingerprint density at radius 3 is 2.56 bits per heavy atom. The SMILES string of the molecule is C=CC(=C)NCc1nn(-c2ccc(C(F)(F)F)cc2)c2nccc(-c3cnn(CC)c3)c12. The Labute approximate surface area is 182 Å². The van der Waals surface area contributed by atoms with Crippen molar-refractivity contribution in [2.45, 2.75) is 26.2 Å². The minimum atomic E-state index is -4.41. The van der Waals surface area contributed by atoms with Gasteiger partial charge in [0, 0.05) is 30.2 Å². The number of allylic oxidation sites excluding steroid dienone is 1. The van der Waals surface area contributed by atoms with Gasteiger partial charge in [0.2, 0.25) is 0 Å². The molecule has 9 heteroatoms. The normalized spacial score (nSPS) is 11.6. The minimum Gasteiger partial charge on any atom is -0.380 e. The number of hydrogen-bond donors (Lipinski definition) is 1. The summed E-state index contributed by atoms with van der Waals surface area (Å²) < 4.78 is 42.4. The van der Waals surface area contributed by atoms with Crippen molar-refractivity contribution in [3.05, 3.63) is 85.1 Å². The number of halogens is 3. The van der Waals surface area contributed by atoms with Crippen LogP contribution in [-0.4, -0.2) is 24.5 Å². The molecular formula is C23H21F3N6. The summed E-state index contributed by atoms with van der Waals surface area (Å²) in [4.78, 5) is 4.49. The Kier molecular flexibility index (Phi) is 5.56. The maximum atomic E-state index is 13.0. The van der Waals surface area contributed by atoms with Crippen molar-refractivity contribution >= 4 is 11.0 Å². The molecule has 6 nitrogen and oxygen atoms in total. The molecule has 0 aliphatic rings. The monoisotopic (exact) mass is 438 g/mol. The van der Waals surface area contributed by atoms with Crippen LogP contribution in [0.3, 0.4) is 0 Å². The smallest absolute Gasteiger partial charge is 0.380 e. The van der Waals surface area contributed by atoms with E-state index in [2.05, 4.69) is 33.7 Å². The molecule has 4 rings (SSSR count). The van der Waals surface area contributed by atoms with E-state index < -0.39 is 11.7 Å². The van der Waals surface area contributed by atoms with E-state index in [1.807, 2.05) is 23.9 Å². The molecular weight excluding hydrogens is 417 g/mol. The van der Waals surface area contributed by atoms with Gasteiger partial charge in [-0.3, -0.25) is 4.68 Å². The van der Waals surface area contributed by atoms with Crippen molar-refractivity contribution in [1.82, 2.24) is 29.9 Å². The van der Waals surface area contributed by atoms with Crippen LogP contribution in [0.2, 0.25) is 0 Å². The van der Waals surface area contributed by atoms with Crippen LogP contribution < -0.4 is 5.32 Å². The van der Waals surface area contributed by atoms with Gasteiger partial charge in [0.05, 0.1) is 35.1 Å². The number of hydrogen-bond acceptors (Lipinski definition) is 4. The van der Waals surface area contributed by atoms with Gasteiger partial charge in [0.15, 0.2) is 5.65 Å². The summed E-state index contributed by atoms with van der Waals surface area (Å²) in [5.74, 6) is 0. The van der Waals surface area contributed by atoms with Crippen LogP contribution >= 0.6 is 0 Å². The first-order valence-electron chi connectivity index (χ1n) is 9.94. The van der Waals surface area contributed by atoms with Crippen molar-refractivity contribution in [3.8, 4) is 16.8 Å². The summed E-state index contributed by atoms with van der Waals surface area (Å²) in [6, 6.07) is 6.73. The Morgan fingerprint density at radius 2 is 1.94 bits per heavy atom. The fraction of sp³-hybridized carbons (Fsp3) is 0.174. The zero-order valence-electron chi connectivity index (χ0n) is 17.4. The Bertz CT molecular complexity index is 1280. The van der Waals surface area contributed by atoms with Crippen molar-refractivity contribution in [2.24, 2.45) is 0 Å². The van der Waals surface area contributed by atoms with Gasteiger partial charge in [-0.15, -0.1) is 0 Å². The van der Waals surface area contributed by atoms with E-state index in [4.69, 9.17) is 0 Å². The first-order valence-corrected chi connectivity index (χ1v) is 9.94. The van der Waals surface area contributed by atoms with E-state index in [0.29, 0.717) is 29.3 Å². The third-order valence-electron chi connectivity index (χ3n) is 5.08. The average Bonchev–Trinajstić information content (AvgIpc) is 3.42. The molecule has 0 bridgehead atoms. The van der Waals surface area contributed by atoms with Crippen molar-refractivity contribution < 1.29 is 13.2 Å². The van der Waals surface area contributed by atoms with Gasteiger partial charge in [0.25, 0.3) is 0 Å². The molecule has 0 radical (unpaired) electrons. The molecule has 0 spiro atoms. The molecule has 0 aliphatic carbocycles. The number of benzene rings is 1. The van der Waals surface area contributed by atoms with E-state index in [9.17, 15) is 13.2 Å². The zero-order valence-corrected chi connectivity index (χ0v) is 17.4. The summed E-state index contributed by atoms with van der Waals surface area (Å²) in [5, 5.41) is 13.0. The maximum absolute atomic E-state index is 13.0. The first-order chi connectivity index (χ1) is 15.3. The van der Waals surface area contributed by atoms with Crippen LogP contribution in [0.1, 0.15) is 18.2 Å². The van der Waals surface area contributed by atoms with Crippen molar-refractivity contribution in [2.75, 3.05) is 0 Å². The lowest BCUT2D eigenvalue weighted by atomic mass is 10.1. The summed E-state index contributed by atoms with van der Waals surface area (Å²) in [5.41, 5.74) is 3.38. The average molecular weight is 438 g/mol. The van der Waals surface area contributed by atoms with E-state index in [1.165, 1.54) is 12.1 Å². The van der Waals surface area contributed by atoms with Crippen LogP contribution in [0.25, 0.3) is 27.8 Å². The second kappa shape index (κ2) is 8.33. The van der Waals surface area contributed by atoms with E-state index in [0.717, 1.165) is 35.2 Å². The standard InChI is InChI=1S/C23H21F3N6/c1-4-15(3)28-13-20-21-19(16-12-29-31(5-2)14-16)10-11-27-22(21)32(30-20)18-8-6-17(7-9-18)23(24,25)26/h4,6-12,14,28H,1,3,5,13H2,2H3. The maximum Gasteiger partial charge on any atom is 0.416 e. The summed E-state index contributed by atoms with van der Waals surface area (Å²) in [7, 11) is 0. The molecule has 3 heterocycles. The van der Waals surface area contributed by atoms with Crippen LogP contribution in [0.4, 0.5) is 13.2 Å². The molecule has 0 saturated heterocycles. The third-order valence-corrected chi connectivity index (χ3v) is 5.08. The van der Waals surface area contributed by atoms with Crippen LogP contribution in [0.15, 0.2) is 73.9 Å². The van der Waals surface area contributed by atoms with Crippen molar-refractivity contribution in [1.29, 1.82) is 0 Å². The van der Waals surface area contributed by atoms with Crippen molar-refractivity contribution in [3.63, 3.8) is 0 Å². The molecule has 4 aromatic rings. The number of fused-ring (bicyclic) bond motifs is 1. The zero-order chi connectivity index (χ0) is 22.9. The fourth-order valence-corrected chi connectivity index (χ4v) is 3.39. The van der Waals surface area contributed by atoms with Gasteiger partial charge in [-0.1, -0.05) is 13.2 Å². The van der Waals surface area contributed by atoms with E-state index in [-0.39, 0.29) is 0 Å². The summed E-state index contributed by atoms with van der Waals surface area (Å²) in [6.07, 6.45) is 2.55. The number of nitrogens with one attached hydrogen (secondary N) is 1. The highest BCUT2D eigenvalue weighted by Crippen LogP contribution is 2.33. The highest BCUT2D eigenvalue weighted by molar-refractivity contribution is 5.95. The highest BCUT2D eigenvalue weighted by Gasteiger charge is 2.30. The molecule has 0 amide bonds. The number of aromatic nitrogens is 5. The number of pyridine rings is 1. The van der Waals surface area contributed by atoms with Crippen LogP contribution in [-0.2, 0) is 19.3 Å². The summed E-state index contributed by atoms with van der Waals surface area (Å²) >= 11 is 0. The lowest BCUT2D eigenvalue weighted by Gasteiger charge is -2.08. The molecule has 164 valence electrons. The Morgan fingerprint density at radius 1 is 1.19 bits per heavy atom. The Balaban J connectivity index is 1.87. The molecule has 0 atom stereocenters. The van der Waals surface area contributed by atoms with E-state index in [1.54, 1.807) is 23.2 Å². The molecule has 0 fully saturated rings. The highest BCUT2D eigenvalue weighted by atomic mass is 19.4. The van der Waals surface area contributed by atoms with Gasteiger partial charge in [-0.25, -0.2) is 9.67 Å². The number of rotatable bonds is 7. The number of nitrogens with zero attached hydrogens (tertiary/aromatic N) is 5. The molecule has 0 unspecified atom stereocenters.